The Morgan fingerprint density at radius 2 is 1.25 bits per heavy atom. The van der Waals surface area contributed by atoms with Crippen molar-refractivity contribution in [3.63, 3.8) is 0 Å². The lowest BCUT2D eigenvalue weighted by Crippen LogP contribution is -2.41. The van der Waals surface area contributed by atoms with Crippen molar-refractivity contribution in [3.8, 4) is 0 Å². The first-order valence-corrected chi connectivity index (χ1v) is 20.4. The summed E-state index contributed by atoms with van der Waals surface area (Å²) >= 11 is 3.17. The second kappa shape index (κ2) is 16.8. The average Bonchev–Trinajstić information content (AvgIpc) is 3.06. The van der Waals surface area contributed by atoms with E-state index in [2.05, 4.69) is 50.2 Å². The summed E-state index contributed by atoms with van der Waals surface area (Å²) in [6.07, 6.45) is 8.75. The van der Waals surface area contributed by atoms with Crippen molar-refractivity contribution in [2.45, 2.75) is 33.1 Å². The highest BCUT2D eigenvalue weighted by molar-refractivity contribution is 9.10. The van der Waals surface area contributed by atoms with Crippen LogP contribution < -0.4 is 25.0 Å². The quantitative estimate of drug-likeness (QED) is 0.224. The molecule has 51 heavy (non-hydrogen) atoms. The summed E-state index contributed by atoms with van der Waals surface area (Å²) in [6.45, 7) is 3.54. The van der Waals surface area contributed by atoms with Crippen molar-refractivity contribution < 1.29 is 30.4 Å². The second-order valence-corrected chi connectivity index (χ2v) is 17.1. The molecular formula is C32H42BrF2N9O5S2. The first-order valence-electron chi connectivity index (χ1n) is 15.8. The molecule has 2 saturated heterocycles. The maximum atomic E-state index is 14.2. The molecule has 2 atom stereocenters. The number of aromatic nitrogens is 4. The minimum Gasteiger partial charge on any atom is -0.366 e. The Hall–Kier alpha value is -3.65. The molecule has 2 aromatic heterocycles. The summed E-state index contributed by atoms with van der Waals surface area (Å²) in [6, 6.07) is 5.63. The topological polar surface area (TPSA) is 193 Å². The fourth-order valence-electron chi connectivity index (χ4n) is 6.18. The molecule has 2 aliphatic rings. The van der Waals surface area contributed by atoms with Gasteiger partial charge >= 0.3 is 0 Å². The van der Waals surface area contributed by atoms with E-state index in [0.29, 0.717) is 64.1 Å². The zero-order valence-electron chi connectivity index (χ0n) is 27.4. The van der Waals surface area contributed by atoms with Crippen LogP contribution >= 0.6 is 15.9 Å². The van der Waals surface area contributed by atoms with Gasteiger partial charge in [0, 0.05) is 50.0 Å². The van der Waals surface area contributed by atoms with Crippen molar-refractivity contribution >= 4 is 75.3 Å². The van der Waals surface area contributed by atoms with Gasteiger partial charge in [-0.25, -0.2) is 55.0 Å². The Bertz CT molecular complexity index is 2110. The fourth-order valence-corrected chi connectivity index (χ4v) is 7.59. The average molecular weight is 815 g/mol. The summed E-state index contributed by atoms with van der Waals surface area (Å²) in [5, 5.41) is 1.15. The summed E-state index contributed by atoms with van der Waals surface area (Å²) in [5.41, 5.74) is 6.08. The Morgan fingerprint density at radius 1 is 0.804 bits per heavy atom. The lowest BCUT2D eigenvalue weighted by Gasteiger charge is -2.34. The number of nitrogens with zero attached hydrogens (tertiary/aromatic N) is 6. The number of piperidine rings is 2. The highest BCUT2D eigenvalue weighted by Crippen LogP contribution is 2.31. The molecule has 4 aromatic rings. The molecule has 2 unspecified atom stereocenters. The van der Waals surface area contributed by atoms with Gasteiger partial charge in [0.15, 0.2) is 0 Å². The number of nitrogens with two attached hydrogens (primary N) is 1. The van der Waals surface area contributed by atoms with E-state index in [1.54, 1.807) is 6.07 Å². The van der Waals surface area contributed by atoms with Crippen molar-refractivity contribution in [2.75, 3.05) is 61.6 Å². The van der Waals surface area contributed by atoms with E-state index in [1.807, 2.05) is 4.90 Å². The fraction of sp³-hybridized carbons (Fsp3) is 0.469. The molecule has 0 aliphatic carbocycles. The van der Waals surface area contributed by atoms with Crippen LogP contribution in [-0.4, -0.2) is 94.5 Å². The van der Waals surface area contributed by atoms with Gasteiger partial charge in [-0.3, -0.25) is 4.79 Å². The second-order valence-electron chi connectivity index (χ2n) is 12.5. The third-order valence-corrected chi connectivity index (χ3v) is 10.5. The standard InChI is InChI=1S/C16H20FN5O3S.C15H18BrFN4O2S.CH4/c1-26(24,25)21-7-10-3-2-4-22(8-10)16-12-5-13(17)11(15(18)23)6-14(12)19-9-20-16;1-24(22,23)20-7-10-3-2-4-21(8-10)15-11-5-13(17)12(16)6-14(11)18-9-19-15;/h5-6,9-10,21H,2-4,7-8H2,1H3,(H2,18,23);5-6,9-10,20H,2-4,7-8H2,1H3;1H4. The van der Waals surface area contributed by atoms with Gasteiger partial charge in [-0.2, -0.15) is 0 Å². The van der Waals surface area contributed by atoms with Crippen LogP contribution in [0.5, 0.6) is 0 Å². The SMILES string of the molecule is C.CS(=O)(=O)NCC1CCCN(c2ncnc3cc(Br)c(F)cc23)C1.CS(=O)(=O)NCC1CCCN(c2ncnc3cc(C(N)=O)c(F)cc23)C1. The molecule has 4 N–H and O–H groups in total. The van der Waals surface area contributed by atoms with E-state index >= 15 is 0 Å². The van der Waals surface area contributed by atoms with E-state index in [-0.39, 0.29) is 30.6 Å². The normalized spacial score (nSPS) is 18.2. The van der Waals surface area contributed by atoms with Gasteiger partial charge in [0.05, 0.1) is 33.6 Å². The van der Waals surface area contributed by atoms with Gasteiger partial charge in [-0.05, 0) is 77.7 Å². The van der Waals surface area contributed by atoms with Crippen LogP contribution in [0.2, 0.25) is 0 Å². The number of amides is 1. The van der Waals surface area contributed by atoms with E-state index in [0.717, 1.165) is 51.3 Å². The molecule has 0 bridgehead atoms. The number of primary amides is 1. The van der Waals surface area contributed by atoms with Crippen LogP contribution in [-0.2, 0) is 20.0 Å². The lowest BCUT2D eigenvalue weighted by atomic mass is 9.98. The lowest BCUT2D eigenvalue weighted by molar-refractivity contribution is 0.0996. The summed E-state index contributed by atoms with van der Waals surface area (Å²) in [4.78, 5) is 32.3. The number of sulfonamides is 2. The summed E-state index contributed by atoms with van der Waals surface area (Å²) in [7, 11) is -6.45. The van der Waals surface area contributed by atoms with Crippen LogP contribution in [0.3, 0.4) is 0 Å². The third-order valence-electron chi connectivity index (χ3n) is 8.53. The maximum absolute atomic E-state index is 14.2. The molecule has 2 fully saturated rings. The first-order chi connectivity index (χ1) is 23.6. The zero-order valence-corrected chi connectivity index (χ0v) is 30.7. The van der Waals surface area contributed by atoms with Gasteiger partial charge in [0.2, 0.25) is 20.0 Å². The molecule has 4 heterocycles. The predicted molar refractivity (Wildman–Crippen MR) is 198 cm³/mol. The zero-order chi connectivity index (χ0) is 36.2. The van der Waals surface area contributed by atoms with Crippen LogP contribution in [0.1, 0.15) is 43.5 Å². The molecule has 0 saturated carbocycles. The maximum Gasteiger partial charge on any atom is 0.251 e. The van der Waals surface area contributed by atoms with Gasteiger partial charge in [-0.15, -0.1) is 0 Å². The van der Waals surface area contributed by atoms with Crippen molar-refractivity contribution in [1.82, 2.24) is 29.4 Å². The molecule has 2 aromatic carbocycles. The largest absolute Gasteiger partial charge is 0.366 e. The highest BCUT2D eigenvalue weighted by atomic mass is 79.9. The van der Waals surface area contributed by atoms with Gasteiger partial charge in [0.25, 0.3) is 5.91 Å². The smallest absolute Gasteiger partial charge is 0.251 e. The van der Waals surface area contributed by atoms with E-state index in [4.69, 9.17) is 5.73 Å². The number of fused-ring (bicyclic) bond motifs is 2. The monoisotopic (exact) mass is 813 g/mol. The Balaban J connectivity index is 0.000000225. The molecule has 0 spiro atoms. The molecule has 6 rings (SSSR count). The highest BCUT2D eigenvalue weighted by Gasteiger charge is 2.25. The molecule has 1 amide bonds. The van der Waals surface area contributed by atoms with E-state index < -0.39 is 31.8 Å². The molecule has 278 valence electrons. The summed E-state index contributed by atoms with van der Waals surface area (Å²) < 4.78 is 78.7. The predicted octanol–water partition coefficient (Wildman–Crippen LogP) is 3.57. The number of hydrogen-bond acceptors (Lipinski definition) is 11. The van der Waals surface area contributed by atoms with Gasteiger partial charge < -0.3 is 15.5 Å². The molecular weight excluding hydrogens is 772 g/mol. The number of carbonyl (C=O) groups excluding carboxylic acids is 1. The number of rotatable bonds is 9. The van der Waals surface area contributed by atoms with Gasteiger partial charge in [-0.1, -0.05) is 7.43 Å². The number of nitrogens with one attached hydrogen (secondary N) is 2. The molecule has 0 radical (unpaired) electrons. The Labute approximate surface area is 304 Å². The van der Waals surface area contributed by atoms with Crippen molar-refractivity contribution in [2.24, 2.45) is 17.6 Å². The van der Waals surface area contributed by atoms with Crippen LogP contribution in [0.4, 0.5) is 20.4 Å². The molecule has 14 nitrogen and oxygen atoms in total. The number of halogens is 3. The van der Waals surface area contributed by atoms with Gasteiger partial charge in [0.1, 0.15) is 35.9 Å². The number of anilines is 2. The third kappa shape index (κ3) is 10.7. The molecule has 19 heteroatoms. The number of carbonyl (C=O) groups is 1. The van der Waals surface area contributed by atoms with Crippen LogP contribution in [0, 0.1) is 23.5 Å². The number of benzene rings is 2. The molecule has 2 aliphatic heterocycles. The van der Waals surface area contributed by atoms with Crippen LogP contribution in [0.15, 0.2) is 41.4 Å². The minimum absolute atomic E-state index is 0. The minimum atomic E-state index is -3.25. The van der Waals surface area contributed by atoms with Crippen molar-refractivity contribution in [1.29, 1.82) is 0 Å². The van der Waals surface area contributed by atoms with E-state index in [1.165, 1.54) is 30.9 Å². The first kappa shape index (κ1) is 40.1. The Morgan fingerprint density at radius 3 is 1.71 bits per heavy atom. The van der Waals surface area contributed by atoms with E-state index in [9.17, 15) is 30.4 Å². The van der Waals surface area contributed by atoms with Crippen molar-refractivity contribution in [3.05, 3.63) is 58.6 Å². The summed E-state index contributed by atoms with van der Waals surface area (Å²) in [5.74, 6) is -0.352. The Kier molecular flexibility index (Phi) is 13.2. The van der Waals surface area contributed by atoms with Crippen LogP contribution in [0.25, 0.3) is 21.8 Å². The number of hydrogen-bond donors (Lipinski definition) is 3.